The lowest BCUT2D eigenvalue weighted by molar-refractivity contribution is 0.468. The van der Waals surface area contributed by atoms with Crippen LogP contribution < -0.4 is 4.74 Å². The molecule has 0 atom stereocenters. The van der Waals surface area contributed by atoms with E-state index in [2.05, 4.69) is 32.9 Å². The molecule has 4 heteroatoms. The molecule has 0 aliphatic heterocycles. The van der Waals surface area contributed by atoms with Gasteiger partial charge in [0.1, 0.15) is 17.2 Å². The summed E-state index contributed by atoms with van der Waals surface area (Å²) in [5.74, 6) is 1.69. The fourth-order valence-corrected chi connectivity index (χ4v) is 3.55. The van der Waals surface area contributed by atoms with Crippen LogP contribution in [-0.2, 0) is 18.3 Å². The van der Waals surface area contributed by atoms with E-state index in [1.54, 1.807) is 12.1 Å². The molecule has 0 amide bonds. The third-order valence-electron chi connectivity index (χ3n) is 4.64. The van der Waals surface area contributed by atoms with Crippen LogP contribution in [0.2, 0.25) is 10.0 Å². The summed E-state index contributed by atoms with van der Waals surface area (Å²) in [5.41, 5.74) is 3.24. The smallest absolute Gasteiger partial charge is 0.137 e. The van der Waals surface area contributed by atoms with Gasteiger partial charge in [-0.05, 0) is 71.3 Å². The first-order chi connectivity index (χ1) is 13.2. The van der Waals surface area contributed by atoms with E-state index in [0.717, 1.165) is 29.0 Å². The van der Waals surface area contributed by atoms with Crippen LogP contribution >= 0.6 is 23.2 Å². The second kappa shape index (κ2) is 8.46. The van der Waals surface area contributed by atoms with Crippen LogP contribution in [0.15, 0.2) is 60.7 Å². The van der Waals surface area contributed by atoms with Crippen molar-refractivity contribution in [3.05, 3.63) is 87.4 Å². The van der Waals surface area contributed by atoms with Crippen molar-refractivity contribution < 1.29 is 9.84 Å². The molecule has 2 nitrogen and oxygen atoms in total. The van der Waals surface area contributed by atoms with E-state index in [-0.39, 0.29) is 16.2 Å². The SMILES string of the molecule is CC(C)(C)c1ccc(Oc2cccc(CCc3cc(Cl)cc(Cl)c3O)c2)cc1. The van der Waals surface area contributed by atoms with Gasteiger partial charge in [0, 0.05) is 5.02 Å². The first kappa shape index (κ1) is 20.6. The predicted octanol–water partition coefficient (Wildman–Crippen LogP) is 7.57. The molecule has 0 aliphatic rings. The lowest BCUT2D eigenvalue weighted by Crippen LogP contribution is -2.10. The van der Waals surface area contributed by atoms with Crippen LogP contribution in [-0.4, -0.2) is 5.11 Å². The molecular weight excluding hydrogens is 391 g/mol. The van der Waals surface area contributed by atoms with Crippen LogP contribution in [0.3, 0.4) is 0 Å². The highest BCUT2D eigenvalue weighted by molar-refractivity contribution is 6.35. The molecule has 0 saturated carbocycles. The zero-order valence-electron chi connectivity index (χ0n) is 16.3. The second-order valence-electron chi connectivity index (χ2n) is 7.92. The Morgan fingerprint density at radius 3 is 2.25 bits per heavy atom. The molecule has 0 radical (unpaired) electrons. The maximum absolute atomic E-state index is 10.1. The summed E-state index contributed by atoms with van der Waals surface area (Å²) in [6.45, 7) is 6.58. The Bertz CT molecular complexity index is 957. The number of halogens is 2. The van der Waals surface area contributed by atoms with Gasteiger partial charge in [0.05, 0.1) is 5.02 Å². The molecule has 0 heterocycles. The minimum absolute atomic E-state index is 0.0948. The number of ether oxygens (including phenoxy) is 1. The van der Waals surface area contributed by atoms with E-state index in [1.807, 2.05) is 36.4 Å². The van der Waals surface area contributed by atoms with E-state index in [0.29, 0.717) is 11.4 Å². The number of phenolic OH excluding ortho intramolecular Hbond substituents is 1. The van der Waals surface area contributed by atoms with Gasteiger partial charge in [-0.25, -0.2) is 0 Å². The Morgan fingerprint density at radius 2 is 1.57 bits per heavy atom. The Hall–Kier alpha value is -2.16. The summed E-state index contributed by atoms with van der Waals surface area (Å²) in [7, 11) is 0. The van der Waals surface area contributed by atoms with E-state index < -0.39 is 0 Å². The molecule has 146 valence electrons. The van der Waals surface area contributed by atoms with Gasteiger partial charge in [0.2, 0.25) is 0 Å². The fourth-order valence-electron chi connectivity index (χ4n) is 3.01. The third-order valence-corrected chi connectivity index (χ3v) is 5.15. The topological polar surface area (TPSA) is 29.5 Å². The number of rotatable bonds is 5. The summed E-state index contributed by atoms with van der Waals surface area (Å²) < 4.78 is 6.01. The molecule has 3 aromatic carbocycles. The number of hydrogen-bond donors (Lipinski definition) is 1. The van der Waals surface area contributed by atoms with Crippen molar-refractivity contribution in [1.82, 2.24) is 0 Å². The van der Waals surface area contributed by atoms with E-state index in [9.17, 15) is 5.11 Å². The van der Waals surface area contributed by atoms with Crippen LogP contribution in [0.1, 0.15) is 37.5 Å². The Balaban J connectivity index is 1.69. The molecule has 0 spiro atoms. The largest absolute Gasteiger partial charge is 0.506 e. The Morgan fingerprint density at radius 1 is 0.857 bits per heavy atom. The molecule has 0 unspecified atom stereocenters. The van der Waals surface area contributed by atoms with Gasteiger partial charge in [-0.2, -0.15) is 0 Å². The lowest BCUT2D eigenvalue weighted by Gasteiger charge is -2.19. The monoisotopic (exact) mass is 414 g/mol. The number of phenols is 1. The normalized spacial score (nSPS) is 11.5. The zero-order valence-corrected chi connectivity index (χ0v) is 17.8. The van der Waals surface area contributed by atoms with Crippen LogP contribution in [0.4, 0.5) is 0 Å². The third kappa shape index (κ3) is 5.21. The highest BCUT2D eigenvalue weighted by atomic mass is 35.5. The van der Waals surface area contributed by atoms with Gasteiger partial charge >= 0.3 is 0 Å². The summed E-state index contributed by atoms with van der Waals surface area (Å²) >= 11 is 12.0. The van der Waals surface area contributed by atoms with Gasteiger partial charge < -0.3 is 9.84 Å². The first-order valence-electron chi connectivity index (χ1n) is 9.26. The van der Waals surface area contributed by atoms with E-state index in [1.165, 1.54) is 5.56 Å². The van der Waals surface area contributed by atoms with Gasteiger partial charge in [-0.15, -0.1) is 0 Å². The standard InChI is InChI=1S/C24H24Cl2O2/c1-24(2,3)18-9-11-20(12-10-18)28-21-6-4-5-16(13-21)7-8-17-14-19(25)15-22(26)23(17)27/h4-6,9-15,27H,7-8H2,1-3H3. The predicted molar refractivity (Wildman–Crippen MR) is 117 cm³/mol. The minimum atomic E-state index is 0.0948. The number of aromatic hydroxyl groups is 1. The van der Waals surface area contributed by atoms with Gasteiger partial charge in [-0.3, -0.25) is 0 Å². The number of aryl methyl sites for hydroxylation is 2. The number of benzene rings is 3. The van der Waals surface area contributed by atoms with Crippen molar-refractivity contribution in [3.8, 4) is 17.2 Å². The van der Waals surface area contributed by atoms with Crippen molar-refractivity contribution >= 4 is 23.2 Å². The average molecular weight is 415 g/mol. The maximum atomic E-state index is 10.1. The molecule has 0 aromatic heterocycles. The highest BCUT2D eigenvalue weighted by Crippen LogP contribution is 2.32. The zero-order chi connectivity index (χ0) is 20.3. The van der Waals surface area contributed by atoms with Crippen molar-refractivity contribution in [2.24, 2.45) is 0 Å². The van der Waals surface area contributed by atoms with Crippen LogP contribution in [0.25, 0.3) is 0 Å². The fraction of sp³-hybridized carbons (Fsp3) is 0.250. The quantitative estimate of drug-likeness (QED) is 0.466. The molecule has 3 rings (SSSR count). The second-order valence-corrected chi connectivity index (χ2v) is 8.76. The first-order valence-corrected chi connectivity index (χ1v) is 10.0. The molecule has 0 bridgehead atoms. The van der Waals surface area contributed by atoms with Crippen LogP contribution in [0, 0.1) is 0 Å². The van der Waals surface area contributed by atoms with Crippen molar-refractivity contribution in [1.29, 1.82) is 0 Å². The van der Waals surface area contributed by atoms with Gasteiger partial charge in [-0.1, -0.05) is 68.2 Å². The Labute approximate surface area is 176 Å². The van der Waals surface area contributed by atoms with E-state index in [4.69, 9.17) is 27.9 Å². The molecule has 3 aromatic rings. The number of hydrogen-bond acceptors (Lipinski definition) is 2. The van der Waals surface area contributed by atoms with Crippen molar-refractivity contribution in [2.75, 3.05) is 0 Å². The Kier molecular flexibility index (Phi) is 6.22. The summed E-state index contributed by atoms with van der Waals surface area (Å²) in [4.78, 5) is 0. The molecule has 0 aliphatic carbocycles. The molecule has 0 fully saturated rings. The highest BCUT2D eigenvalue weighted by Gasteiger charge is 2.13. The van der Waals surface area contributed by atoms with Crippen molar-refractivity contribution in [3.63, 3.8) is 0 Å². The van der Waals surface area contributed by atoms with E-state index >= 15 is 0 Å². The summed E-state index contributed by atoms with van der Waals surface area (Å²) in [6.07, 6.45) is 1.38. The molecule has 0 saturated heterocycles. The maximum Gasteiger partial charge on any atom is 0.137 e. The van der Waals surface area contributed by atoms with Gasteiger partial charge in [0.15, 0.2) is 0 Å². The summed E-state index contributed by atoms with van der Waals surface area (Å²) in [6, 6.07) is 19.5. The van der Waals surface area contributed by atoms with Crippen LogP contribution in [0.5, 0.6) is 17.2 Å². The lowest BCUT2D eigenvalue weighted by atomic mass is 9.87. The molecule has 28 heavy (non-hydrogen) atoms. The summed E-state index contributed by atoms with van der Waals surface area (Å²) in [5, 5.41) is 10.9. The average Bonchev–Trinajstić information content (AvgIpc) is 2.63. The van der Waals surface area contributed by atoms with Crippen molar-refractivity contribution in [2.45, 2.75) is 39.0 Å². The molecular formula is C24H24Cl2O2. The van der Waals surface area contributed by atoms with Gasteiger partial charge in [0.25, 0.3) is 0 Å². The minimum Gasteiger partial charge on any atom is -0.506 e. The molecule has 1 N–H and O–H groups in total.